The average Bonchev–Trinajstić information content (AvgIpc) is 3.71. The van der Waals surface area contributed by atoms with Crippen LogP contribution in [0.15, 0.2) is 77.7 Å². The van der Waals surface area contributed by atoms with Crippen LogP contribution in [0.2, 0.25) is 0 Å². The van der Waals surface area contributed by atoms with Gasteiger partial charge in [-0.25, -0.2) is 13.7 Å². The van der Waals surface area contributed by atoms with Gasteiger partial charge in [-0.15, -0.1) is 0 Å². The molecule has 4 aromatic rings. The Morgan fingerprint density at radius 1 is 0.944 bits per heavy atom. The molecule has 4 heterocycles. The topological polar surface area (TPSA) is 163 Å². The number of nitrogens with zero attached hydrogens (tertiary/aromatic N) is 4. The van der Waals surface area contributed by atoms with E-state index in [1.54, 1.807) is 41.3 Å². The summed E-state index contributed by atoms with van der Waals surface area (Å²) in [5.74, 6) is -2.23. The van der Waals surface area contributed by atoms with Crippen molar-refractivity contribution in [1.29, 1.82) is 0 Å². The molecule has 0 aliphatic carbocycles. The van der Waals surface area contributed by atoms with Gasteiger partial charge in [-0.05, 0) is 74.6 Å². The van der Waals surface area contributed by atoms with Gasteiger partial charge in [-0.1, -0.05) is 35.9 Å². The molecular formula is C37H34F3N7O6S. The SMILES string of the molecule is Cc1ccc(-c2cc(C(F)(F)F)nn2-c2ccc([S@@](=O)NC(=O)N3CCC(CNc4cccc5c4C(=O)N(C4CCC(=O)NC4=O)C5=O)CC3)cc2)cc1. The van der Waals surface area contributed by atoms with E-state index in [2.05, 4.69) is 20.5 Å². The number of halogens is 3. The molecule has 3 aliphatic rings. The number of likely N-dealkylation sites (tertiary alicyclic amines) is 1. The van der Waals surface area contributed by atoms with E-state index in [0.29, 0.717) is 49.4 Å². The lowest BCUT2D eigenvalue weighted by Crippen LogP contribution is -2.54. The van der Waals surface area contributed by atoms with E-state index in [1.165, 1.54) is 35.0 Å². The van der Waals surface area contributed by atoms with Crippen molar-refractivity contribution in [2.45, 2.75) is 49.7 Å². The monoisotopic (exact) mass is 761 g/mol. The maximum atomic E-state index is 13.6. The normalized spacial score (nSPS) is 18.4. The first-order valence-electron chi connectivity index (χ1n) is 17.2. The number of aromatic nitrogens is 2. The fourth-order valence-electron chi connectivity index (χ4n) is 6.82. The van der Waals surface area contributed by atoms with Crippen LogP contribution >= 0.6 is 0 Å². The molecule has 0 saturated carbocycles. The van der Waals surface area contributed by atoms with Crippen LogP contribution in [0.1, 0.15) is 57.7 Å². The fraction of sp³-hybridized carbons (Fsp3) is 0.297. The molecule has 6 amide bonds. The number of imide groups is 2. The van der Waals surface area contributed by atoms with Crippen molar-refractivity contribution in [3.63, 3.8) is 0 Å². The molecule has 0 spiro atoms. The zero-order valence-corrected chi connectivity index (χ0v) is 29.6. The number of fused-ring (bicyclic) bond motifs is 1. The van der Waals surface area contributed by atoms with Gasteiger partial charge >= 0.3 is 12.2 Å². The predicted molar refractivity (Wildman–Crippen MR) is 190 cm³/mol. The summed E-state index contributed by atoms with van der Waals surface area (Å²) < 4.78 is 57.6. The molecule has 3 aliphatic heterocycles. The second kappa shape index (κ2) is 14.5. The number of benzene rings is 3. The Labute approximate surface area is 309 Å². The molecule has 7 rings (SSSR count). The van der Waals surface area contributed by atoms with E-state index in [4.69, 9.17) is 0 Å². The predicted octanol–water partition coefficient (Wildman–Crippen LogP) is 4.82. The second-order valence-electron chi connectivity index (χ2n) is 13.3. The van der Waals surface area contributed by atoms with Crippen molar-refractivity contribution in [3.05, 3.63) is 95.2 Å². The highest BCUT2D eigenvalue weighted by Crippen LogP contribution is 2.35. The Morgan fingerprint density at radius 2 is 1.65 bits per heavy atom. The molecule has 1 aromatic heterocycles. The van der Waals surface area contributed by atoms with Gasteiger partial charge in [0.15, 0.2) is 16.7 Å². The number of carbonyl (C=O) groups is 5. The third-order valence-corrected chi connectivity index (χ3v) is 10.8. The third-order valence-electron chi connectivity index (χ3n) is 9.77. The maximum absolute atomic E-state index is 13.6. The van der Waals surface area contributed by atoms with Crippen molar-refractivity contribution >= 4 is 46.3 Å². The molecule has 13 nitrogen and oxygen atoms in total. The van der Waals surface area contributed by atoms with E-state index < -0.39 is 58.6 Å². The first-order valence-corrected chi connectivity index (χ1v) is 18.3. The number of rotatable bonds is 8. The molecule has 2 atom stereocenters. The Kier molecular flexibility index (Phi) is 9.83. The number of nitrogens with one attached hydrogen (secondary N) is 3. The van der Waals surface area contributed by atoms with Crippen molar-refractivity contribution in [3.8, 4) is 16.9 Å². The first-order chi connectivity index (χ1) is 25.8. The van der Waals surface area contributed by atoms with Crippen LogP contribution in [0.5, 0.6) is 0 Å². The van der Waals surface area contributed by atoms with Crippen molar-refractivity contribution in [2.24, 2.45) is 5.92 Å². The summed E-state index contributed by atoms with van der Waals surface area (Å²) in [5.41, 5.74) is 1.77. The van der Waals surface area contributed by atoms with Crippen LogP contribution < -0.4 is 15.4 Å². The number of hydrogen-bond donors (Lipinski definition) is 3. The third kappa shape index (κ3) is 7.22. The highest BCUT2D eigenvalue weighted by molar-refractivity contribution is 7.83. The van der Waals surface area contributed by atoms with Crippen LogP contribution in [0.4, 0.5) is 23.7 Å². The maximum Gasteiger partial charge on any atom is 0.435 e. The summed E-state index contributed by atoms with van der Waals surface area (Å²) >= 11 is 0. The van der Waals surface area contributed by atoms with Crippen molar-refractivity contribution in [1.82, 2.24) is 29.6 Å². The van der Waals surface area contributed by atoms with Crippen LogP contribution in [-0.2, 0) is 26.8 Å². The van der Waals surface area contributed by atoms with E-state index in [0.717, 1.165) is 16.5 Å². The van der Waals surface area contributed by atoms with Crippen LogP contribution in [0.3, 0.4) is 0 Å². The number of hydrogen-bond acceptors (Lipinski definition) is 8. The lowest BCUT2D eigenvalue weighted by molar-refractivity contribution is -0.141. The molecule has 17 heteroatoms. The van der Waals surface area contributed by atoms with Gasteiger partial charge in [0.05, 0.1) is 27.4 Å². The summed E-state index contributed by atoms with van der Waals surface area (Å²) in [6.07, 6.45) is -3.38. The number of anilines is 1. The number of urea groups is 1. The average molecular weight is 762 g/mol. The fourth-order valence-corrected chi connectivity index (χ4v) is 7.61. The number of piperidine rings is 2. The molecule has 1 unspecified atom stereocenters. The molecule has 280 valence electrons. The Balaban J connectivity index is 0.938. The van der Waals surface area contributed by atoms with Crippen molar-refractivity contribution in [2.75, 3.05) is 25.0 Å². The quantitative estimate of drug-likeness (QED) is 0.215. The second-order valence-corrected chi connectivity index (χ2v) is 14.6. The smallest absolute Gasteiger partial charge is 0.384 e. The minimum Gasteiger partial charge on any atom is -0.384 e. The van der Waals surface area contributed by atoms with E-state index in [1.807, 2.05) is 6.92 Å². The van der Waals surface area contributed by atoms with Gasteiger partial charge in [0.25, 0.3) is 11.8 Å². The van der Waals surface area contributed by atoms with E-state index in [-0.39, 0.29) is 40.5 Å². The number of amides is 6. The van der Waals surface area contributed by atoms with Crippen LogP contribution in [0, 0.1) is 12.8 Å². The van der Waals surface area contributed by atoms with E-state index >= 15 is 0 Å². The standard InChI is InChI=1S/C37H34F3N7O6S/c1-21-5-7-23(8-6-21)29-19-30(37(38,39)40)43-47(29)24-9-11-25(12-10-24)54(53)44-36(52)45-17-15-22(16-18-45)20-41-27-4-2-3-26-32(27)35(51)46(34(26)50)28-13-14-31(48)42-33(28)49/h2-12,19,22,28,41H,13-18,20H2,1H3,(H,44,52)(H,42,48,49)/t28?,54-/m1/s1. The van der Waals surface area contributed by atoms with Gasteiger partial charge in [0.1, 0.15) is 6.04 Å². The van der Waals surface area contributed by atoms with Gasteiger partial charge in [-0.2, -0.15) is 18.3 Å². The molecular weight excluding hydrogens is 728 g/mol. The van der Waals surface area contributed by atoms with Crippen LogP contribution in [-0.4, -0.2) is 79.1 Å². The van der Waals surface area contributed by atoms with Gasteiger partial charge in [0, 0.05) is 37.3 Å². The van der Waals surface area contributed by atoms with E-state index in [9.17, 15) is 41.4 Å². The summed E-state index contributed by atoms with van der Waals surface area (Å²) in [6.45, 7) is 3.04. The molecule has 0 radical (unpaired) electrons. The molecule has 0 bridgehead atoms. The minimum atomic E-state index is -4.66. The molecule has 3 N–H and O–H groups in total. The lowest BCUT2D eigenvalue weighted by Gasteiger charge is -2.32. The molecule has 54 heavy (non-hydrogen) atoms. The summed E-state index contributed by atoms with van der Waals surface area (Å²) in [7, 11) is -1.95. The Bertz CT molecular complexity index is 2180. The Morgan fingerprint density at radius 3 is 2.31 bits per heavy atom. The van der Waals surface area contributed by atoms with Crippen molar-refractivity contribution < 1.29 is 41.4 Å². The largest absolute Gasteiger partial charge is 0.435 e. The summed E-state index contributed by atoms with van der Waals surface area (Å²) in [5, 5.41) is 9.25. The summed E-state index contributed by atoms with van der Waals surface area (Å²) in [4.78, 5) is 66.3. The zero-order valence-electron chi connectivity index (χ0n) is 28.8. The number of aryl methyl sites for hydroxylation is 1. The van der Waals surface area contributed by atoms with Gasteiger partial charge in [-0.3, -0.25) is 34.1 Å². The number of carbonyl (C=O) groups excluding carboxylic acids is 5. The summed E-state index contributed by atoms with van der Waals surface area (Å²) in [6, 6.07) is 17.1. The molecule has 2 fully saturated rings. The Hall–Kier alpha value is -5.84. The van der Waals surface area contributed by atoms with Crippen LogP contribution in [0.25, 0.3) is 16.9 Å². The van der Waals surface area contributed by atoms with Gasteiger partial charge < -0.3 is 10.2 Å². The molecule has 3 aromatic carbocycles. The molecule has 2 saturated heterocycles. The minimum absolute atomic E-state index is 0.0229. The van der Waals surface area contributed by atoms with Gasteiger partial charge in [0.2, 0.25) is 11.8 Å². The highest BCUT2D eigenvalue weighted by Gasteiger charge is 2.45. The zero-order chi connectivity index (χ0) is 38.3. The highest BCUT2D eigenvalue weighted by atomic mass is 32.2. The number of alkyl halides is 3. The first kappa shape index (κ1) is 36.5. The lowest BCUT2D eigenvalue weighted by atomic mass is 9.96.